The van der Waals surface area contributed by atoms with Crippen molar-refractivity contribution in [3.8, 4) is 0 Å². The third-order valence-corrected chi connectivity index (χ3v) is 1.50. The van der Waals surface area contributed by atoms with Crippen LogP contribution in [-0.4, -0.2) is 0 Å². The van der Waals surface area contributed by atoms with Crippen molar-refractivity contribution in [2.24, 2.45) is 20.7 Å². The lowest BCUT2D eigenvalue weighted by molar-refractivity contribution is 0.951. The second kappa shape index (κ2) is 3.04. The van der Waals surface area contributed by atoms with Gasteiger partial charge in [0.2, 0.25) is 0 Å². The van der Waals surface area contributed by atoms with E-state index < -0.39 is 0 Å². The van der Waals surface area contributed by atoms with Gasteiger partial charge >= 0.3 is 0 Å². The third-order valence-electron chi connectivity index (χ3n) is 1.50. The summed E-state index contributed by atoms with van der Waals surface area (Å²) >= 11 is 0. The average molecular weight is 158 g/mol. The third kappa shape index (κ3) is 1.27. The molecule has 1 aliphatic rings. The number of hydrogen-bond donors (Lipinski definition) is 0. The van der Waals surface area contributed by atoms with Crippen LogP contribution in [0.4, 0.5) is 5.69 Å². The van der Waals surface area contributed by atoms with Crippen molar-refractivity contribution in [1.29, 1.82) is 0 Å². The van der Waals surface area contributed by atoms with E-state index in [1.807, 2.05) is 30.3 Å². The van der Waals surface area contributed by atoms with Crippen molar-refractivity contribution in [3.05, 3.63) is 36.0 Å². The van der Waals surface area contributed by atoms with Gasteiger partial charge in [-0.05, 0) is 22.6 Å². The van der Waals surface area contributed by atoms with E-state index in [1.54, 1.807) is 6.20 Å². The minimum absolute atomic E-state index is 0.812. The highest BCUT2D eigenvalue weighted by atomic mass is 15.5. The number of nitrogens with zero attached hydrogens (tertiary/aromatic N) is 4. The highest BCUT2D eigenvalue weighted by Gasteiger charge is 1.96. The second-order valence-corrected chi connectivity index (χ2v) is 2.27. The lowest BCUT2D eigenvalue weighted by atomic mass is 10.2. The number of hydrogen-bond acceptors (Lipinski definition) is 4. The summed E-state index contributed by atoms with van der Waals surface area (Å²) in [5.74, 6) is 0. The first kappa shape index (κ1) is 6.84. The zero-order valence-electron chi connectivity index (χ0n) is 6.25. The molecule has 0 unspecified atom stereocenters. The van der Waals surface area contributed by atoms with Crippen LogP contribution in [0.2, 0.25) is 0 Å². The normalized spacial score (nSPS) is 16.3. The summed E-state index contributed by atoms with van der Waals surface area (Å²) in [7, 11) is 0. The molecule has 58 valence electrons. The fraction of sp³-hybridized carbons (Fsp3) is 0. The van der Waals surface area contributed by atoms with Crippen molar-refractivity contribution in [2.45, 2.75) is 0 Å². The van der Waals surface area contributed by atoms with Crippen LogP contribution < -0.4 is 0 Å². The minimum atomic E-state index is 0.812. The monoisotopic (exact) mass is 158 g/mol. The molecule has 0 saturated carbocycles. The molecule has 0 spiro atoms. The molecule has 0 amide bonds. The van der Waals surface area contributed by atoms with Gasteiger partial charge in [-0.2, -0.15) is 0 Å². The molecule has 0 aliphatic carbocycles. The Morgan fingerprint density at radius 3 is 2.92 bits per heavy atom. The van der Waals surface area contributed by atoms with Gasteiger partial charge in [-0.3, -0.25) is 0 Å². The van der Waals surface area contributed by atoms with Gasteiger partial charge in [-0.15, -0.1) is 10.2 Å². The molecule has 0 aromatic heterocycles. The predicted octanol–water partition coefficient (Wildman–Crippen LogP) is 3.12. The molecule has 1 aliphatic heterocycles. The summed E-state index contributed by atoms with van der Waals surface area (Å²) in [5, 5.41) is 14.4. The molecule has 0 N–H and O–H groups in total. The van der Waals surface area contributed by atoms with E-state index in [4.69, 9.17) is 0 Å². The summed E-state index contributed by atoms with van der Waals surface area (Å²) < 4.78 is 0. The van der Waals surface area contributed by atoms with Crippen LogP contribution in [0.1, 0.15) is 5.56 Å². The molecule has 0 bridgehead atoms. The Labute approximate surface area is 69.3 Å². The molecule has 2 rings (SSSR count). The van der Waals surface area contributed by atoms with Crippen molar-refractivity contribution in [1.82, 2.24) is 0 Å². The average Bonchev–Trinajstić information content (AvgIpc) is 2.06. The fourth-order valence-corrected chi connectivity index (χ4v) is 0.954. The van der Waals surface area contributed by atoms with Crippen molar-refractivity contribution >= 4 is 11.8 Å². The van der Waals surface area contributed by atoms with Crippen LogP contribution in [0.25, 0.3) is 6.08 Å². The topological polar surface area (TPSA) is 49.4 Å². The smallest absolute Gasteiger partial charge is 0.0948 e. The van der Waals surface area contributed by atoms with Gasteiger partial charge in [0.25, 0.3) is 0 Å². The summed E-state index contributed by atoms with van der Waals surface area (Å²) in [6.45, 7) is 0. The molecule has 12 heavy (non-hydrogen) atoms. The molecule has 0 fully saturated rings. The fourth-order valence-electron chi connectivity index (χ4n) is 0.954. The first-order chi connectivity index (χ1) is 5.97. The van der Waals surface area contributed by atoms with E-state index in [2.05, 4.69) is 20.7 Å². The zero-order chi connectivity index (χ0) is 8.23. The van der Waals surface area contributed by atoms with E-state index in [-0.39, 0.29) is 0 Å². The maximum Gasteiger partial charge on any atom is 0.0948 e. The largest absolute Gasteiger partial charge is 0.137 e. The molecule has 1 heterocycles. The van der Waals surface area contributed by atoms with Crippen LogP contribution in [0.5, 0.6) is 0 Å². The second-order valence-electron chi connectivity index (χ2n) is 2.27. The Morgan fingerprint density at radius 2 is 1.92 bits per heavy atom. The number of fused-ring (bicyclic) bond motifs is 1. The predicted molar refractivity (Wildman–Crippen MR) is 44.8 cm³/mol. The van der Waals surface area contributed by atoms with Gasteiger partial charge in [-0.25, -0.2) is 0 Å². The summed E-state index contributed by atoms with van der Waals surface area (Å²) in [5.41, 5.74) is 1.81. The standard InChI is InChI=1S/C8H6N4/c1-2-4-8-7(3-1)5-6-9-11-12-10-8/h1-6H/b6-5-,7-5?,9-6?,10-8?,11-9?,12-10?,12-11?. The first-order valence-electron chi connectivity index (χ1n) is 3.53. The highest BCUT2D eigenvalue weighted by Crippen LogP contribution is 2.21. The molecular weight excluding hydrogens is 152 g/mol. The van der Waals surface area contributed by atoms with E-state index >= 15 is 0 Å². The maximum absolute atomic E-state index is 3.86. The van der Waals surface area contributed by atoms with E-state index in [9.17, 15) is 0 Å². The molecule has 1 aromatic carbocycles. The Kier molecular flexibility index (Phi) is 1.74. The van der Waals surface area contributed by atoms with Crippen LogP contribution in [0, 0.1) is 0 Å². The quantitative estimate of drug-likeness (QED) is 0.557. The Bertz CT molecular complexity index is 330. The molecule has 1 aromatic rings. The Balaban J connectivity index is 2.54. The number of benzene rings is 1. The molecule has 0 atom stereocenters. The van der Waals surface area contributed by atoms with Crippen LogP contribution in [0.15, 0.2) is 51.1 Å². The zero-order valence-corrected chi connectivity index (χ0v) is 6.25. The summed E-state index contributed by atoms with van der Waals surface area (Å²) in [6.07, 6.45) is 3.44. The Morgan fingerprint density at radius 1 is 1.00 bits per heavy atom. The van der Waals surface area contributed by atoms with Gasteiger partial charge in [0.15, 0.2) is 0 Å². The van der Waals surface area contributed by atoms with Crippen molar-refractivity contribution in [2.75, 3.05) is 0 Å². The van der Waals surface area contributed by atoms with Gasteiger partial charge in [0, 0.05) is 5.56 Å². The molecule has 0 radical (unpaired) electrons. The van der Waals surface area contributed by atoms with E-state index in [1.165, 1.54) is 0 Å². The van der Waals surface area contributed by atoms with Crippen LogP contribution >= 0.6 is 0 Å². The molecule has 0 saturated heterocycles. The van der Waals surface area contributed by atoms with Crippen LogP contribution in [0.3, 0.4) is 0 Å². The summed E-state index contributed by atoms with van der Waals surface area (Å²) in [6, 6.07) is 7.68. The Hall–Kier alpha value is -1.84. The van der Waals surface area contributed by atoms with E-state index in [0.717, 1.165) is 11.3 Å². The first-order valence-corrected chi connectivity index (χ1v) is 3.53. The van der Waals surface area contributed by atoms with Crippen molar-refractivity contribution < 1.29 is 0 Å². The van der Waals surface area contributed by atoms with Crippen LogP contribution in [-0.2, 0) is 0 Å². The lowest BCUT2D eigenvalue weighted by Gasteiger charge is -1.97. The van der Waals surface area contributed by atoms with Gasteiger partial charge in [-0.1, -0.05) is 18.2 Å². The highest BCUT2D eigenvalue weighted by molar-refractivity contribution is 5.63. The van der Waals surface area contributed by atoms with Crippen molar-refractivity contribution in [3.63, 3.8) is 0 Å². The lowest BCUT2D eigenvalue weighted by Crippen LogP contribution is -1.73. The molecular formula is C8H6N4. The molecule has 4 nitrogen and oxygen atoms in total. The number of rotatable bonds is 0. The minimum Gasteiger partial charge on any atom is -0.137 e. The van der Waals surface area contributed by atoms with Gasteiger partial charge < -0.3 is 0 Å². The molecule has 4 heteroatoms. The van der Waals surface area contributed by atoms with Gasteiger partial charge in [0.1, 0.15) is 0 Å². The van der Waals surface area contributed by atoms with E-state index in [0.29, 0.717) is 0 Å². The van der Waals surface area contributed by atoms with Gasteiger partial charge in [0.05, 0.1) is 11.9 Å². The SMILES string of the molecule is C1=C\c2ccccc2N=NN=N/1. The maximum atomic E-state index is 3.86. The summed E-state index contributed by atoms with van der Waals surface area (Å²) in [4.78, 5) is 0.